The highest BCUT2D eigenvalue weighted by atomic mass is 32.2. The second kappa shape index (κ2) is 5.93. The maximum absolute atomic E-state index is 12.6. The molecule has 1 amide bonds. The normalized spacial score (nSPS) is 31.2. The first-order valence-electron chi connectivity index (χ1n) is 6.62. The molecule has 1 saturated heterocycles. The SMILES string of the molecule is CS(=O)(=O)C1CSCCN1C(=O)C1CCCC1C(=O)O. The topological polar surface area (TPSA) is 91.8 Å². The lowest BCUT2D eigenvalue weighted by atomic mass is 9.94. The molecule has 2 rings (SSSR count). The van der Waals surface area contributed by atoms with Gasteiger partial charge in [0.15, 0.2) is 9.84 Å². The lowest BCUT2D eigenvalue weighted by molar-refractivity contribution is -0.149. The van der Waals surface area contributed by atoms with Crippen LogP contribution in [0.2, 0.25) is 0 Å². The monoisotopic (exact) mass is 321 g/mol. The standard InChI is InChI=1S/C12H19NO5S2/c1-20(17,18)10-7-19-6-5-13(10)11(14)8-3-2-4-9(8)12(15)16/h8-10H,2-7H2,1H3,(H,15,16). The number of hydrogen-bond donors (Lipinski definition) is 1. The number of carbonyl (C=O) groups is 2. The Labute approximate surface area is 122 Å². The van der Waals surface area contributed by atoms with Crippen molar-refractivity contribution in [1.82, 2.24) is 4.90 Å². The van der Waals surface area contributed by atoms with Gasteiger partial charge in [0.2, 0.25) is 5.91 Å². The summed E-state index contributed by atoms with van der Waals surface area (Å²) in [5.41, 5.74) is 0. The predicted octanol–water partition coefficient (Wildman–Crippen LogP) is 0.433. The first kappa shape index (κ1) is 15.6. The van der Waals surface area contributed by atoms with Crippen LogP contribution in [-0.4, -0.2) is 60.0 Å². The molecule has 1 heterocycles. The Morgan fingerprint density at radius 2 is 1.90 bits per heavy atom. The van der Waals surface area contributed by atoms with E-state index in [0.29, 0.717) is 37.3 Å². The molecule has 2 aliphatic rings. The van der Waals surface area contributed by atoms with E-state index in [4.69, 9.17) is 5.11 Å². The molecule has 0 radical (unpaired) electrons. The maximum Gasteiger partial charge on any atom is 0.307 e. The third-order valence-corrected chi connectivity index (χ3v) is 6.66. The van der Waals surface area contributed by atoms with Crippen LogP contribution in [0.15, 0.2) is 0 Å². The summed E-state index contributed by atoms with van der Waals surface area (Å²) in [6, 6.07) is 0. The van der Waals surface area contributed by atoms with E-state index in [1.807, 2.05) is 0 Å². The molecule has 0 aromatic carbocycles. The van der Waals surface area contributed by atoms with Gasteiger partial charge < -0.3 is 10.0 Å². The minimum atomic E-state index is -3.35. The summed E-state index contributed by atoms with van der Waals surface area (Å²) in [7, 11) is -3.35. The molecule has 1 aliphatic carbocycles. The van der Waals surface area contributed by atoms with Crippen molar-refractivity contribution < 1.29 is 23.1 Å². The Hall–Kier alpha value is -0.760. The fourth-order valence-corrected chi connectivity index (χ4v) is 5.78. The molecule has 114 valence electrons. The van der Waals surface area contributed by atoms with Crippen molar-refractivity contribution in [3.63, 3.8) is 0 Å². The van der Waals surface area contributed by atoms with Crippen molar-refractivity contribution in [1.29, 1.82) is 0 Å². The van der Waals surface area contributed by atoms with Crippen LogP contribution in [0, 0.1) is 11.8 Å². The Bertz CT molecular complexity index is 504. The van der Waals surface area contributed by atoms with E-state index in [0.717, 1.165) is 6.26 Å². The zero-order valence-corrected chi connectivity index (χ0v) is 13.0. The van der Waals surface area contributed by atoms with Crippen molar-refractivity contribution in [3.05, 3.63) is 0 Å². The van der Waals surface area contributed by atoms with E-state index in [-0.39, 0.29) is 5.91 Å². The summed E-state index contributed by atoms with van der Waals surface area (Å²) < 4.78 is 23.6. The molecule has 6 nitrogen and oxygen atoms in total. The van der Waals surface area contributed by atoms with Crippen LogP contribution in [0.1, 0.15) is 19.3 Å². The molecule has 1 N–H and O–H groups in total. The molecule has 0 aromatic rings. The summed E-state index contributed by atoms with van der Waals surface area (Å²) in [5.74, 6) is -1.43. The lowest BCUT2D eigenvalue weighted by Gasteiger charge is -2.36. The van der Waals surface area contributed by atoms with E-state index in [1.165, 1.54) is 16.7 Å². The van der Waals surface area contributed by atoms with E-state index in [1.54, 1.807) is 0 Å². The van der Waals surface area contributed by atoms with Gasteiger partial charge in [-0.25, -0.2) is 8.42 Å². The van der Waals surface area contributed by atoms with Crippen LogP contribution in [0.5, 0.6) is 0 Å². The highest BCUT2D eigenvalue weighted by Gasteiger charge is 2.43. The summed E-state index contributed by atoms with van der Waals surface area (Å²) in [6.07, 6.45) is 2.88. The van der Waals surface area contributed by atoms with E-state index >= 15 is 0 Å². The average Bonchev–Trinajstić information content (AvgIpc) is 2.86. The quantitative estimate of drug-likeness (QED) is 0.810. The molecule has 1 saturated carbocycles. The fraction of sp³-hybridized carbons (Fsp3) is 0.833. The van der Waals surface area contributed by atoms with Gasteiger partial charge in [-0.3, -0.25) is 9.59 Å². The molecule has 3 unspecified atom stereocenters. The van der Waals surface area contributed by atoms with E-state index in [9.17, 15) is 18.0 Å². The van der Waals surface area contributed by atoms with Crippen LogP contribution in [0.25, 0.3) is 0 Å². The number of carbonyl (C=O) groups excluding carboxylic acids is 1. The number of sulfone groups is 1. The third-order valence-electron chi connectivity index (χ3n) is 4.01. The molecular formula is C12H19NO5S2. The second-order valence-electron chi connectivity index (χ2n) is 5.37. The molecule has 20 heavy (non-hydrogen) atoms. The van der Waals surface area contributed by atoms with E-state index < -0.39 is 33.0 Å². The largest absolute Gasteiger partial charge is 0.481 e. The zero-order valence-electron chi connectivity index (χ0n) is 11.3. The number of thioether (sulfide) groups is 1. The number of nitrogens with zero attached hydrogens (tertiary/aromatic N) is 1. The molecule has 0 spiro atoms. The van der Waals surface area contributed by atoms with Crippen molar-refractivity contribution in [2.24, 2.45) is 11.8 Å². The number of carboxylic acid groups (broad SMARTS) is 1. The van der Waals surface area contributed by atoms with Gasteiger partial charge in [-0.05, 0) is 12.8 Å². The zero-order chi connectivity index (χ0) is 14.9. The van der Waals surface area contributed by atoms with Crippen LogP contribution in [0.4, 0.5) is 0 Å². The van der Waals surface area contributed by atoms with Crippen molar-refractivity contribution in [3.8, 4) is 0 Å². The van der Waals surface area contributed by atoms with Gasteiger partial charge >= 0.3 is 5.97 Å². The molecule has 2 fully saturated rings. The fourth-order valence-electron chi connectivity index (χ4n) is 2.95. The molecule has 3 atom stereocenters. The first-order valence-corrected chi connectivity index (χ1v) is 9.73. The summed E-state index contributed by atoms with van der Waals surface area (Å²) in [6.45, 7) is 0.379. The van der Waals surface area contributed by atoms with Gasteiger partial charge in [0.1, 0.15) is 5.37 Å². The maximum atomic E-state index is 12.6. The summed E-state index contributed by atoms with van der Waals surface area (Å²) in [4.78, 5) is 25.1. The first-order chi connectivity index (χ1) is 9.32. The molecule has 1 aliphatic heterocycles. The highest BCUT2D eigenvalue weighted by molar-refractivity contribution is 8.00. The van der Waals surface area contributed by atoms with Crippen LogP contribution >= 0.6 is 11.8 Å². The minimum Gasteiger partial charge on any atom is -0.481 e. The van der Waals surface area contributed by atoms with Crippen molar-refractivity contribution >= 4 is 33.5 Å². The lowest BCUT2D eigenvalue weighted by Crippen LogP contribution is -2.52. The number of amides is 1. The molecule has 0 aromatic heterocycles. The number of hydrogen-bond acceptors (Lipinski definition) is 5. The Morgan fingerprint density at radius 3 is 2.50 bits per heavy atom. The van der Waals surface area contributed by atoms with Crippen molar-refractivity contribution in [2.45, 2.75) is 24.6 Å². The van der Waals surface area contributed by atoms with Crippen molar-refractivity contribution in [2.75, 3.05) is 24.3 Å². The molecule has 0 bridgehead atoms. The number of aliphatic carboxylic acids is 1. The number of carboxylic acids is 1. The minimum absolute atomic E-state index is 0.300. The van der Waals surface area contributed by atoms with Gasteiger partial charge in [0.05, 0.1) is 11.8 Å². The second-order valence-corrected chi connectivity index (χ2v) is 8.73. The van der Waals surface area contributed by atoms with Crippen LogP contribution < -0.4 is 0 Å². The summed E-state index contributed by atoms with van der Waals surface area (Å²) >= 11 is 1.51. The number of rotatable bonds is 3. The van der Waals surface area contributed by atoms with Gasteiger partial charge in [0.25, 0.3) is 0 Å². The molecule has 8 heteroatoms. The Morgan fingerprint density at radius 1 is 1.25 bits per heavy atom. The Kier molecular flexibility index (Phi) is 4.63. The summed E-state index contributed by atoms with van der Waals surface area (Å²) in [5, 5.41) is 8.35. The van der Waals surface area contributed by atoms with Crippen LogP contribution in [0.3, 0.4) is 0 Å². The van der Waals surface area contributed by atoms with Gasteiger partial charge in [-0.2, -0.15) is 11.8 Å². The van der Waals surface area contributed by atoms with E-state index in [2.05, 4.69) is 0 Å². The van der Waals surface area contributed by atoms with Gasteiger partial charge in [0, 0.05) is 24.3 Å². The predicted molar refractivity (Wildman–Crippen MR) is 76.1 cm³/mol. The van der Waals surface area contributed by atoms with Crippen LogP contribution in [-0.2, 0) is 19.4 Å². The smallest absolute Gasteiger partial charge is 0.307 e. The van der Waals surface area contributed by atoms with Gasteiger partial charge in [-0.15, -0.1) is 0 Å². The average molecular weight is 321 g/mol. The Balaban J connectivity index is 2.20. The molecular weight excluding hydrogens is 302 g/mol. The van der Waals surface area contributed by atoms with Gasteiger partial charge in [-0.1, -0.05) is 6.42 Å². The highest BCUT2D eigenvalue weighted by Crippen LogP contribution is 2.35. The third kappa shape index (κ3) is 3.11.